The van der Waals surface area contributed by atoms with Gasteiger partial charge in [-0.05, 0) is 46.1 Å². The molecule has 4 rings (SSSR count). The number of hydrogen-bond donors (Lipinski definition) is 1. The Morgan fingerprint density at radius 3 is 1.67 bits per heavy atom. The summed E-state index contributed by atoms with van der Waals surface area (Å²) in [4.78, 5) is 30.0. The summed E-state index contributed by atoms with van der Waals surface area (Å²) < 4.78 is 2.49. The molecule has 0 aliphatic carbocycles. The molecular weight excluding hydrogens is 470 g/mol. The number of non-ortho nitro benzene ring substituents is 1. The van der Waals surface area contributed by atoms with Crippen molar-refractivity contribution < 1.29 is 19.9 Å². The lowest BCUT2D eigenvalue weighted by Gasteiger charge is -2.19. The Labute approximate surface area is 205 Å². The molecule has 12 heteroatoms. The highest BCUT2D eigenvalue weighted by Crippen LogP contribution is 2.39. The minimum atomic E-state index is -1.21. The molecule has 0 bridgehead atoms. The van der Waals surface area contributed by atoms with Gasteiger partial charge in [-0.25, -0.2) is 0 Å². The Kier molecular flexibility index (Phi) is 7.80. The molecule has 0 fully saturated rings. The molecule has 1 atom stereocenters. The Morgan fingerprint density at radius 2 is 1.28 bits per heavy atom. The molecule has 1 aromatic heterocycles. The highest BCUT2D eigenvalue weighted by Gasteiger charge is 2.30. The number of hydrogen-bond acceptors (Lipinski definition) is 8. The van der Waals surface area contributed by atoms with E-state index in [0.29, 0.717) is 18.2 Å². The summed E-state index contributed by atoms with van der Waals surface area (Å²) in [6.45, 7) is 3.43. The molecule has 0 saturated heterocycles. The number of nitrogens with zero attached hydrogens (tertiary/aromatic N) is 5. The lowest BCUT2D eigenvalue weighted by Crippen LogP contribution is -2.17. The van der Waals surface area contributed by atoms with E-state index in [4.69, 9.17) is 5.11 Å². The average molecular weight is 495 g/mol. The lowest BCUT2D eigenvalue weighted by molar-refractivity contribution is -0.404. The normalized spacial score (nSPS) is 11.8. The maximum Gasteiger partial charge on any atom is 0.324 e. The van der Waals surface area contributed by atoms with Gasteiger partial charge in [-0.1, -0.05) is 36.4 Å². The van der Waals surface area contributed by atoms with Crippen molar-refractivity contribution in [3.63, 3.8) is 0 Å². The van der Waals surface area contributed by atoms with Crippen LogP contribution in [-0.2, 0) is 0 Å². The molecule has 0 radical (unpaired) electrons. The van der Waals surface area contributed by atoms with Gasteiger partial charge in [-0.2, -0.15) is 0 Å². The van der Waals surface area contributed by atoms with Gasteiger partial charge in [0.2, 0.25) is 0 Å². The van der Waals surface area contributed by atoms with Crippen LogP contribution in [0.1, 0.15) is 19.4 Å². The molecule has 12 nitrogen and oxygen atoms in total. The molecule has 0 saturated carbocycles. The number of benzene rings is 3. The van der Waals surface area contributed by atoms with Gasteiger partial charge in [0.05, 0.1) is 26.9 Å². The van der Waals surface area contributed by atoms with Crippen molar-refractivity contribution in [2.75, 3.05) is 20.6 Å². The van der Waals surface area contributed by atoms with Gasteiger partial charge in [0.15, 0.2) is 0 Å². The third kappa shape index (κ3) is 5.39. The van der Waals surface area contributed by atoms with Crippen LogP contribution in [-0.4, -0.2) is 50.0 Å². The highest BCUT2D eigenvalue weighted by atomic mass is 16.6. The first-order valence-corrected chi connectivity index (χ1v) is 11.0. The van der Waals surface area contributed by atoms with Gasteiger partial charge >= 0.3 is 11.4 Å². The number of phenols is 1. The number of aromatic hydroxyl groups is 1. The van der Waals surface area contributed by atoms with E-state index in [1.165, 1.54) is 21.8 Å². The van der Waals surface area contributed by atoms with Crippen molar-refractivity contribution >= 4 is 38.9 Å². The zero-order chi connectivity index (χ0) is 26.6. The van der Waals surface area contributed by atoms with Crippen LogP contribution in [0.4, 0.5) is 17.1 Å². The van der Waals surface area contributed by atoms with Gasteiger partial charge in [-0.15, -0.1) is 0 Å². The third-order valence-corrected chi connectivity index (χ3v) is 5.71. The number of rotatable bonds is 7. The lowest BCUT2D eigenvalue weighted by atomic mass is 10.2. The van der Waals surface area contributed by atoms with E-state index in [-0.39, 0.29) is 0 Å². The van der Waals surface area contributed by atoms with Crippen LogP contribution in [0.25, 0.3) is 21.8 Å². The summed E-state index contributed by atoms with van der Waals surface area (Å²) in [5.74, 6) is -1.21. The number of para-hydroxylation sites is 2. The second-order valence-electron chi connectivity index (χ2n) is 8.45. The van der Waals surface area contributed by atoms with Crippen LogP contribution in [0, 0.1) is 30.3 Å². The number of phenolic OH excluding ortho intramolecular Hbond substituents is 1. The number of fused-ring (bicyclic) bond motifs is 3. The first-order chi connectivity index (χ1) is 17.0. The van der Waals surface area contributed by atoms with E-state index in [9.17, 15) is 30.3 Å². The summed E-state index contributed by atoms with van der Waals surface area (Å²) >= 11 is 0. The zero-order valence-corrected chi connectivity index (χ0v) is 19.9. The fourth-order valence-corrected chi connectivity index (χ4v) is 3.98. The molecule has 1 unspecified atom stereocenters. The van der Waals surface area contributed by atoms with Gasteiger partial charge in [0, 0.05) is 27.8 Å². The molecule has 188 valence electrons. The Hall–Kier alpha value is -4.58. The summed E-state index contributed by atoms with van der Waals surface area (Å²) in [6.07, 6.45) is 1.16. The summed E-state index contributed by atoms with van der Waals surface area (Å²) in [7, 11) is 4.27. The quantitative estimate of drug-likeness (QED) is 0.263. The average Bonchev–Trinajstić information content (AvgIpc) is 3.17. The van der Waals surface area contributed by atoms with E-state index in [2.05, 4.69) is 79.0 Å². The molecule has 36 heavy (non-hydrogen) atoms. The molecule has 0 spiro atoms. The van der Waals surface area contributed by atoms with Crippen LogP contribution in [0.15, 0.2) is 60.7 Å². The Morgan fingerprint density at radius 1 is 0.833 bits per heavy atom. The first-order valence-electron chi connectivity index (χ1n) is 11.0. The molecule has 1 N–H and O–H groups in total. The molecule has 0 aliphatic heterocycles. The minimum Gasteiger partial charge on any atom is -0.497 e. The maximum absolute atomic E-state index is 10.4. The summed E-state index contributed by atoms with van der Waals surface area (Å²) in [6, 6.07) is 18.9. The second-order valence-corrected chi connectivity index (χ2v) is 8.45. The molecule has 4 aromatic rings. The number of nitro groups is 3. The molecule has 3 aromatic carbocycles. The fourth-order valence-electron chi connectivity index (χ4n) is 3.98. The van der Waals surface area contributed by atoms with Crippen LogP contribution < -0.4 is 0 Å². The Bertz CT molecular complexity index is 1360. The molecule has 1 heterocycles. The monoisotopic (exact) mass is 495 g/mol. The van der Waals surface area contributed by atoms with Crippen LogP contribution >= 0.6 is 0 Å². The maximum atomic E-state index is 10.4. The van der Waals surface area contributed by atoms with Crippen molar-refractivity contribution in [2.24, 2.45) is 0 Å². The number of nitro benzene ring substituents is 3. The van der Waals surface area contributed by atoms with E-state index >= 15 is 0 Å². The fraction of sp³-hybridized carbons (Fsp3) is 0.250. The largest absolute Gasteiger partial charge is 0.497 e. The first kappa shape index (κ1) is 26.0. The highest BCUT2D eigenvalue weighted by molar-refractivity contribution is 6.08. The predicted molar refractivity (Wildman–Crippen MR) is 135 cm³/mol. The van der Waals surface area contributed by atoms with Crippen LogP contribution in [0.2, 0.25) is 0 Å². The van der Waals surface area contributed by atoms with E-state index in [1.54, 1.807) is 0 Å². The van der Waals surface area contributed by atoms with Gasteiger partial charge < -0.3 is 14.6 Å². The van der Waals surface area contributed by atoms with Crippen LogP contribution in [0.5, 0.6) is 5.75 Å². The van der Waals surface area contributed by atoms with Crippen molar-refractivity contribution in [1.82, 2.24) is 9.47 Å². The van der Waals surface area contributed by atoms with E-state index < -0.39 is 37.6 Å². The minimum absolute atomic E-state index is 0.447. The van der Waals surface area contributed by atoms with E-state index in [1.807, 2.05) is 0 Å². The Balaban J connectivity index is 0.000000207. The topological polar surface area (TPSA) is 158 Å². The molecule has 0 amide bonds. The van der Waals surface area contributed by atoms with Gasteiger partial charge in [0.25, 0.3) is 11.4 Å². The van der Waals surface area contributed by atoms with Crippen molar-refractivity contribution in [1.29, 1.82) is 0 Å². The molecular formula is C24H25N5O7. The van der Waals surface area contributed by atoms with Crippen molar-refractivity contribution in [2.45, 2.75) is 19.4 Å². The number of aromatic nitrogens is 1. The predicted octanol–water partition coefficient (Wildman–Crippen LogP) is 5.42. The van der Waals surface area contributed by atoms with Crippen molar-refractivity contribution in [3.05, 3.63) is 91.0 Å². The van der Waals surface area contributed by atoms with Crippen molar-refractivity contribution in [3.8, 4) is 5.75 Å². The zero-order valence-electron chi connectivity index (χ0n) is 19.9. The second kappa shape index (κ2) is 10.8. The summed E-state index contributed by atoms with van der Waals surface area (Å²) in [5, 5.41) is 42.9. The van der Waals surface area contributed by atoms with Crippen LogP contribution in [0.3, 0.4) is 0 Å². The van der Waals surface area contributed by atoms with Gasteiger partial charge in [-0.3, -0.25) is 30.3 Å². The third-order valence-electron chi connectivity index (χ3n) is 5.71. The van der Waals surface area contributed by atoms with Gasteiger partial charge in [0.1, 0.15) is 0 Å². The standard InChI is InChI=1S/C18H22N2.C6H3N3O7/c1-14(12-13-19(2)3)20-17-10-6-4-8-15(17)16-9-5-7-11-18(16)20;10-6-4(8(13)14)1-3(7(11)12)2-5(6)9(15)16/h4-11,14H,12-13H2,1-3H3;1-2,10H. The summed E-state index contributed by atoms with van der Waals surface area (Å²) in [5.41, 5.74) is -0.307. The van der Waals surface area contributed by atoms with E-state index in [0.717, 1.165) is 13.0 Å². The SMILES string of the molecule is CC(CCN(C)C)n1c2ccccc2c2ccccc21.O=[N+]([O-])c1cc([N+](=O)[O-])c(O)c([N+](=O)[O-])c1. The smallest absolute Gasteiger partial charge is 0.324 e. The molecule has 0 aliphatic rings.